The van der Waals surface area contributed by atoms with Crippen LogP contribution >= 0.6 is 0 Å². The monoisotopic (exact) mass is 507 g/mol. The van der Waals surface area contributed by atoms with Crippen LogP contribution in [0.2, 0.25) is 0 Å². The molecule has 4 rings (SSSR count). The molecule has 1 saturated heterocycles. The summed E-state index contributed by atoms with van der Waals surface area (Å²) in [7, 11) is 3.71. The number of nitro benzene ring substituents is 1. The number of hydrogen-bond acceptors (Lipinski definition) is 10. The average Bonchev–Trinajstić information content (AvgIpc) is 2.89. The predicted molar refractivity (Wildman–Crippen MR) is 139 cm³/mol. The van der Waals surface area contributed by atoms with Gasteiger partial charge in [0.05, 0.1) is 23.8 Å². The van der Waals surface area contributed by atoms with Crippen LogP contribution in [0.4, 0.5) is 22.9 Å². The zero-order valence-electron chi connectivity index (χ0n) is 20.9. The lowest BCUT2D eigenvalue weighted by Gasteiger charge is -2.35. The van der Waals surface area contributed by atoms with Crippen molar-refractivity contribution in [3.8, 4) is 17.4 Å². The van der Waals surface area contributed by atoms with E-state index >= 15 is 0 Å². The number of aryl methyl sites for hydroxylation is 1. The summed E-state index contributed by atoms with van der Waals surface area (Å²) in [6.45, 7) is 5.36. The van der Waals surface area contributed by atoms with Gasteiger partial charge >= 0.3 is 0 Å². The van der Waals surface area contributed by atoms with E-state index in [0.717, 1.165) is 37.6 Å². The third-order valence-electron chi connectivity index (χ3n) is 6.03. The Kier molecular flexibility index (Phi) is 7.68. The summed E-state index contributed by atoms with van der Waals surface area (Å²) in [5, 5.41) is 14.3. The minimum atomic E-state index is -0.751. The van der Waals surface area contributed by atoms with Gasteiger partial charge in [0.25, 0.3) is 11.6 Å². The molecule has 2 heterocycles. The van der Waals surface area contributed by atoms with Crippen LogP contribution in [0.5, 0.6) is 17.4 Å². The third kappa shape index (κ3) is 5.86. The molecular weight excluding hydrogens is 478 g/mol. The number of nitrogens with zero attached hydrogens (tertiary/aromatic N) is 5. The Morgan fingerprint density at radius 1 is 1.16 bits per heavy atom. The summed E-state index contributed by atoms with van der Waals surface area (Å²) in [5.74, 6) is 0.424. The SMILES string of the molecule is CCc1nc(C(N)=O)c(Nc2ccc(OC)c(N3CCN(C)CC3)c2)nc1Oc1cccc([N+](=O)[O-])c1. The van der Waals surface area contributed by atoms with Gasteiger partial charge in [-0.15, -0.1) is 0 Å². The molecule has 3 N–H and O–H groups in total. The van der Waals surface area contributed by atoms with Crippen molar-refractivity contribution in [2.24, 2.45) is 5.73 Å². The molecular formula is C25H29N7O5. The smallest absolute Gasteiger partial charge is 0.273 e. The van der Waals surface area contributed by atoms with Crippen molar-refractivity contribution in [2.45, 2.75) is 13.3 Å². The van der Waals surface area contributed by atoms with E-state index in [4.69, 9.17) is 15.2 Å². The van der Waals surface area contributed by atoms with Crippen LogP contribution in [0.25, 0.3) is 0 Å². The van der Waals surface area contributed by atoms with Crippen molar-refractivity contribution in [1.29, 1.82) is 0 Å². The molecule has 0 atom stereocenters. The number of non-ortho nitro benzene ring substituents is 1. The number of nitrogens with two attached hydrogens (primary N) is 1. The topological polar surface area (TPSA) is 149 Å². The summed E-state index contributed by atoms with van der Waals surface area (Å²) in [4.78, 5) is 36.3. The molecule has 1 aromatic heterocycles. The Morgan fingerprint density at radius 3 is 2.57 bits per heavy atom. The Hall–Kier alpha value is -4.45. The van der Waals surface area contributed by atoms with E-state index in [0.29, 0.717) is 17.8 Å². The molecule has 194 valence electrons. The van der Waals surface area contributed by atoms with Crippen LogP contribution < -0.4 is 25.4 Å². The number of carbonyl (C=O) groups excluding carboxylic acids is 1. The Bertz CT molecular complexity index is 1310. The molecule has 1 fully saturated rings. The highest BCUT2D eigenvalue weighted by molar-refractivity contribution is 5.96. The van der Waals surface area contributed by atoms with Crippen molar-refractivity contribution in [1.82, 2.24) is 14.9 Å². The molecule has 12 heteroatoms. The van der Waals surface area contributed by atoms with E-state index in [9.17, 15) is 14.9 Å². The summed E-state index contributed by atoms with van der Waals surface area (Å²) in [6.07, 6.45) is 0.397. The van der Waals surface area contributed by atoms with E-state index in [1.165, 1.54) is 18.2 Å². The quantitative estimate of drug-likeness (QED) is 0.326. The highest BCUT2D eigenvalue weighted by Gasteiger charge is 2.21. The van der Waals surface area contributed by atoms with Crippen molar-refractivity contribution in [2.75, 3.05) is 50.6 Å². The van der Waals surface area contributed by atoms with E-state index in [-0.39, 0.29) is 28.8 Å². The van der Waals surface area contributed by atoms with Crippen LogP contribution in [-0.4, -0.2) is 66.0 Å². The maximum atomic E-state index is 12.2. The maximum Gasteiger partial charge on any atom is 0.273 e. The van der Waals surface area contributed by atoms with Gasteiger partial charge in [-0.1, -0.05) is 13.0 Å². The minimum Gasteiger partial charge on any atom is -0.495 e. The fourth-order valence-corrected chi connectivity index (χ4v) is 4.00. The second kappa shape index (κ2) is 11.1. The number of benzene rings is 2. The van der Waals surface area contributed by atoms with Gasteiger partial charge in [0, 0.05) is 37.9 Å². The Morgan fingerprint density at radius 2 is 1.92 bits per heavy atom. The van der Waals surface area contributed by atoms with Crippen LogP contribution in [-0.2, 0) is 6.42 Å². The molecule has 12 nitrogen and oxygen atoms in total. The van der Waals surface area contributed by atoms with Crippen molar-refractivity contribution < 1.29 is 19.2 Å². The predicted octanol–water partition coefficient (Wildman–Crippen LogP) is 3.34. The molecule has 0 radical (unpaired) electrons. The van der Waals surface area contributed by atoms with Crippen molar-refractivity contribution in [3.05, 3.63) is 64.0 Å². The molecule has 0 aliphatic carbocycles. The number of carbonyl (C=O) groups is 1. The number of nitrogens with one attached hydrogen (secondary N) is 1. The van der Waals surface area contributed by atoms with Gasteiger partial charge in [0.15, 0.2) is 11.5 Å². The normalized spacial score (nSPS) is 13.8. The van der Waals surface area contributed by atoms with E-state index in [1.54, 1.807) is 19.2 Å². The molecule has 1 aliphatic rings. The minimum absolute atomic E-state index is 0.0415. The van der Waals surface area contributed by atoms with E-state index < -0.39 is 10.8 Å². The van der Waals surface area contributed by atoms with Crippen LogP contribution in [0, 0.1) is 10.1 Å². The molecule has 1 aliphatic heterocycles. The van der Waals surface area contributed by atoms with Gasteiger partial charge < -0.3 is 30.3 Å². The summed E-state index contributed by atoms with van der Waals surface area (Å²) >= 11 is 0. The number of anilines is 3. The molecule has 0 unspecified atom stereocenters. The zero-order valence-corrected chi connectivity index (χ0v) is 20.9. The highest BCUT2D eigenvalue weighted by atomic mass is 16.6. The molecule has 37 heavy (non-hydrogen) atoms. The van der Waals surface area contributed by atoms with E-state index in [2.05, 4.69) is 32.1 Å². The molecule has 1 amide bonds. The molecule has 0 bridgehead atoms. The number of methoxy groups -OCH3 is 1. The number of piperazine rings is 1. The second-order valence-electron chi connectivity index (χ2n) is 8.55. The van der Waals surface area contributed by atoms with E-state index in [1.807, 2.05) is 19.1 Å². The van der Waals surface area contributed by atoms with Crippen molar-refractivity contribution in [3.63, 3.8) is 0 Å². The summed E-state index contributed by atoms with van der Waals surface area (Å²) < 4.78 is 11.4. The van der Waals surface area contributed by atoms with Gasteiger partial charge in [0.1, 0.15) is 17.2 Å². The molecule has 0 spiro atoms. The van der Waals surface area contributed by atoms with Gasteiger partial charge in [-0.2, -0.15) is 4.98 Å². The van der Waals surface area contributed by atoms with Gasteiger partial charge in [-0.05, 0) is 37.7 Å². The average molecular weight is 508 g/mol. The Labute approximate surface area is 214 Å². The molecule has 2 aromatic carbocycles. The number of aromatic nitrogens is 2. The first-order chi connectivity index (χ1) is 17.8. The number of hydrogen-bond donors (Lipinski definition) is 2. The fraction of sp³-hybridized carbons (Fsp3) is 0.320. The number of rotatable bonds is 9. The second-order valence-corrected chi connectivity index (χ2v) is 8.55. The van der Waals surface area contributed by atoms with Gasteiger partial charge in [0.2, 0.25) is 5.88 Å². The number of primary amides is 1. The van der Waals surface area contributed by atoms with Crippen LogP contribution in [0.1, 0.15) is 23.1 Å². The standard InChI is InChI=1S/C25H29N7O5/c1-4-19-25(37-18-7-5-6-17(15-18)32(34)35)29-24(22(28-19)23(26)33)27-16-8-9-21(36-3)20(14-16)31-12-10-30(2)11-13-31/h5-9,14-15H,4,10-13H2,1-3H3,(H2,26,33)(H,27,29). The maximum absolute atomic E-state index is 12.2. The van der Waals surface area contributed by atoms with Gasteiger partial charge in [-0.25, -0.2) is 4.98 Å². The largest absolute Gasteiger partial charge is 0.495 e. The highest BCUT2D eigenvalue weighted by Crippen LogP contribution is 2.34. The lowest BCUT2D eigenvalue weighted by molar-refractivity contribution is -0.384. The lowest BCUT2D eigenvalue weighted by Crippen LogP contribution is -2.44. The molecule has 0 saturated carbocycles. The number of nitro groups is 1. The third-order valence-corrected chi connectivity index (χ3v) is 6.03. The first-order valence-corrected chi connectivity index (χ1v) is 11.8. The lowest BCUT2D eigenvalue weighted by atomic mass is 10.2. The van der Waals surface area contributed by atoms with Crippen molar-refractivity contribution >= 4 is 28.8 Å². The Balaban J connectivity index is 1.69. The zero-order chi connectivity index (χ0) is 26.5. The summed E-state index contributed by atoms with van der Waals surface area (Å²) in [5.41, 5.74) is 7.41. The van der Waals surface area contributed by atoms with Crippen LogP contribution in [0.15, 0.2) is 42.5 Å². The molecule has 3 aromatic rings. The number of likely N-dealkylation sites (N-methyl/N-ethyl adjacent to an activating group) is 1. The summed E-state index contributed by atoms with van der Waals surface area (Å²) in [6, 6.07) is 11.3. The number of amides is 1. The van der Waals surface area contributed by atoms with Crippen LogP contribution in [0.3, 0.4) is 0 Å². The number of ether oxygens (including phenoxy) is 2. The van der Waals surface area contributed by atoms with Gasteiger partial charge in [-0.3, -0.25) is 14.9 Å². The first kappa shape index (κ1) is 25.6. The fourth-order valence-electron chi connectivity index (χ4n) is 4.00. The first-order valence-electron chi connectivity index (χ1n) is 11.8.